The number of benzene rings is 1. The van der Waals surface area contributed by atoms with Crippen LogP contribution >= 0.6 is 11.3 Å². The first-order chi connectivity index (χ1) is 20.7. The lowest BCUT2D eigenvalue weighted by atomic mass is 9.85. The first-order valence-electron chi connectivity index (χ1n) is 13.8. The zero-order chi connectivity index (χ0) is 33.4. The van der Waals surface area contributed by atoms with Crippen molar-refractivity contribution < 1.29 is 53.9 Å². The molecule has 1 saturated carbocycles. The first-order valence-corrected chi connectivity index (χ1v) is 16.1. The highest BCUT2D eigenvalue weighted by atomic mass is 32.2. The molecule has 3 aromatic rings. The molecule has 2 aromatic heterocycles. The van der Waals surface area contributed by atoms with E-state index in [0.717, 1.165) is 55.6 Å². The summed E-state index contributed by atoms with van der Waals surface area (Å²) < 4.78 is 116. The van der Waals surface area contributed by atoms with Crippen LogP contribution in [0.4, 0.5) is 26.3 Å². The van der Waals surface area contributed by atoms with E-state index in [1.54, 1.807) is 0 Å². The van der Waals surface area contributed by atoms with E-state index in [4.69, 9.17) is 4.52 Å². The SMILES string of the molecule is CC(NS(=O)(=O)c1ccc(-c2sc(-c3noc(CC(C)(C)C(=O)O)n3)nc2CC2CCCCC2)c(OC(F)(F)F)c1)C(F)(F)F. The van der Waals surface area contributed by atoms with E-state index >= 15 is 0 Å². The molecule has 1 fully saturated rings. The van der Waals surface area contributed by atoms with E-state index in [9.17, 15) is 44.7 Å². The normalized spacial score (nSPS) is 16.1. The minimum Gasteiger partial charge on any atom is -0.481 e. The molecular weight excluding hydrogens is 654 g/mol. The van der Waals surface area contributed by atoms with Gasteiger partial charge in [0.1, 0.15) is 11.8 Å². The molecule has 4 rings (SSSR count). The van der Waals surface area contributed by atoms with Crippen LogP contribution < -0.4 is 9.46 Å². The van der Waals surface area contributed by atoms with Gasteiger partial charge in [0.05, 0.1) is 20.9 Å². The van der Waals surface area contributed by atoms with Crippen LogP contribution in [0.2, 0.25) is 0 Å². The average molecular weight is 685 g/mol. The summed E-state index contributed by atoms with van der Waals surface area (Å²) in [7, 11) is -4.91. The molecule has 1 aliphatic carbocycles. The Bertz CT molecular complexity index is 1630. The number of rotatable bonds is 11. The number of carboxylic acids is 1. The molecule has 45 heavy (non-hydrogen) atoms. The van der Waals surface area contributed by atoms with Crippen LogP contribution in [-0.4, -0.2) is 53.2 Å². The van der Waals surface area contributed by atoms with Crippen LogP contribution in [0.3, 0.4) is 0 Å². The van der Waals surface area contributed by atoms with E-state index in [2.05, 4.69) is 19.9 Å². The van der Waals surface area contributed by atoms with Crippen molar-refractivity contribution in [2.75, 3.05) is 0 Å². The van der Waals surface area contributed by atoms with Crippen LogP contribution in [0.5, 0.6) is 5.75 Å². The zero-order valence-corrected chi connectivity index (χ0v) is 25.9. The highest BCUT2D eigenvalue weighted by molar-refractivity contribution is 7.89. The number of carbonyl (C=O) groups is 1. The number of aliphatic carboxylic acids is 1. The van der Waals surface area contributed by atoms with Gasteiger partial charge in [0.15, 0.2) is 5.01 Å². The van der Waals surface area contributed by atoms with Gasteiger partial charge in [-0.25, -0.2) is 13.4 Å². The Morgan fingerprint density at radius 1 is 1.13 bits per heavy atom. The van der Waals surface area contributed by atoms with Crippen molar-refractivity contribution >= 4 is 27.3 Å². The number of aromatic nitrogens is 3. The van der Waals surface area contributed by atoms with Crippen molar-refractivity contribution in [1.82, 2.24) is 19.8 Å². The highest BCUT2D eigenvalue weighted by Gasteiger charge is 2.40. The minimum absolute atomic E-state index is 0.000723. The summed E-state index contributed by atoms with van der Waals surface area (Å²) >= 11 is 0.886. The molecule has 0 amide bonds. The zero-order valence-electron chi connectivity index (χ0n) is 24.3. The van der Waals surface area contributed by atoms with Gasteiger partial charge in [0.25, 0.3) is 0 Å². The molecule has 2 heterocycles. The number of thiazole rings is 1. The van der Waals surface area contributed by atoms with Gasteiger partial charge in [0.2, 0.25) is 21.7 Å². The van der Waals surface area contributed by atoms with Gasteiger partial charge in [-0.2, -0.15) is 22.9 Å². The molecule has 0 aliphatic heterocycles. The molecule has 1 atom stereocenters. The Morgan fingerprint density at radius 2 is 1.80 bits per heavy atom. The van der Waals surface area contributed by atoms with Gasteiger partial charge < -0.3 is 14.4 Å². The van der Waals surface area contributed by atoms with Crippen molar-refractivity contribution in [1.29, 1.82) is 0 Å². The van der Waals surface area contributed by atoms with E-state index in [-0.39, 0.29) is 39.5 Å². The monoisotopic (exact) mass is 684 g/mol. The Morgan fingerprint density at radius 3 is 2.40 bits per heavy atom. The molecular formula is C27H30F6N4O6S2. The van der Waals surface area contributed by atoms with Gasteiger partial charge in [-0.15, -0.1) is 24.5 Å². The molecule has 18 heteroatoms. The molecule has 0 bridgehead atoms. The molecule has 0 radical (unpaired) electrons. The number of nitrogens with zero attached hydrogens (tertiary/aromatic N) is 3. The maximum Gasteiger partial charge on any atom is 0.573 e. The third-order valence-corrected chi connectivity index (χ3v) is 9.96. The molecule has 1 aromatic carbocycles. The van der Waals surface area contributed by atoms with E-state index in [1.165, 1.54) is 18.6 Å². The van der Waals surface area contributed by atoms with E-state index < -0.39 is 50.6 Å². The molecule has 1 unspecified atom stereocenters. The van der Waals surface area contributed by atoms with Crippen molar-refractivity contribution in [2.24, 2.45) is 11.3 Å². The van der Waals surface area contributed by atoms with Crippen LogP contribution in [0.1, 0.15) is 64.5 Å². The number of carboxylic acid groups (broad SMARTS) is 1. The predicted molar refractivity (Wildman–Crippen MR) is 149 cm³/mol. The van der Waals surface area contributed by atoms with Crippen LogP contribution in [0.15, 0.2) is 27.6 Å². The second-order valence-electron chi connectivity index (χ2n) is 11.5. The van der Waals surface area contributed by atoms with Crippen LogP contribution in [-0.2, 0) is 27.7 Å². The van der Waals surface area contributed by atoms with Gasteiger partial charge >= 0.3 is 18.5 Å². The number of alkyl halides is 6. The Kier molecular flexibility index (Phi) is 9.90. The second-order valence-corrected chi connectivity index (χ2v) is 14.2. The predicted octanol–water partition coefficient (Wildman–Crippen LogP) is 6.76. The third-order valence-electron chi connectivity index (χ3n) is 7.29. The molecule has 0 spiro atoms. The Labute approximate surface area is 258 Å². The third kappa shape index (κ3) is 8.72. The lowest BCUT2D eigenvalue weighted by Gasteiger charge is -2.21. The van der Waals surface area contributed by atoms with Crippen molar-refractivity contribution in [2.45, 2.75) is 89.2 Å². The van der Waals surface area contributed by atoms with E-state index in [0.29, 0.717) is 25.1 Å². The Hall–Kier alpha value is -3.25. The molecule has 10 nitrogen and oxygen atoms in total. The maximum atomic E-state index is 13.5. The molecule has 248 valence electrons. The van der Waals surface area contributed by atoms with E-state index in [1.807, 2.05) is 0 Å². The van der Waals surface area contributed by atoms with Gasteiger partial charge in [-0.1, -0.05) is 37.3 Å². The molecule has 1 aliphatic rings. The molecule has 2 N–H and O–H groups in total. The summed E-state index contributed by atoms with van der Waals surface area (Å²) in [6.45, 7) is 3.49. The minimum atomic E-state index is -5.28. The van der Waals surface area contributed by atoms with Gasteiger partial charge in [-0.05, 0) is 45.2 Å². The fourth-order valence-corrected chi connectivity index (χ4v) is 7.06. The number of nitrogens with one attached hydrogen (secondary N) is 1. The summed E-state index contributed by atoms with van der Waals surface area (Å²) in [4.78, 5) is 19.7. The summed E-state index contributed by atoms with van der Waals surface area (Å²) in [5.74, 6) is -1.93. The van der Waals surface area contributed by atoms with Crippen molar-refractivity contribution in [3.63, 3.8) is 0 Å². The fourth-order valence-electron chi connectivity index (χ4n) is 4.76. The second kappa shape index (κ2) is 12.9. The summed E-state index contributed by atoms with van der Waals surface area (Å²) in [6, 6.07) is -0.0968. The van der Waals surface area contributed by atoms with Gasteiger partial charge in [0, 0.05) is 18.1 Å². The molecule has 0 saturated heterocycles. The largest absolute Gasteiger partial charge is 0.573 e. The standard InChI is InChI=1S/C27H30F6N4O6S2/c1-14(26(28,29)30)37-45(40,41)16-9-10-17(19(12-16)42-27(31,32)33)21-18(11-15-7-5-4-6-8-15)34-23(44-21)22-35-20(43-36-22)13-25(2,3)24(38)39/h9-10,12,14-15,37H,4-8,11,13H2,1-3H3,(H,38,39). The smallest absolute Gasteiger partial charge is 0.481 e. The summed E-state index contributed by atoms with van der Waals surface area (Å²) in [5.41, 5.74) is -1.06. The number of halogens is 6. The number of hydrogen-bond acceptors (Lipinski definition) is 9. The first kappa shape index (κ1) is 34.6. The van der Waals surface area contributed by atoms with Crippen molar-refractivity contribution in [3.05, 3.63) is 29.8 Å². The maximum absolute atomic E-state index is 13.5. The summed E-state index contributed by atoms with van der Waals surface area (Å²) in [5, 5.41) is 13.4. The number of sulfonamides is 1. The highest BCUT2D eigenvalue weighted by Crippen LogP contribution is 2.43. The average Bonchev–Trinajstić information content (AvgIpc) is 3.54. The number of ether oxygens (including phenoxy) is 1. The van der Waals surface area contributed by atoms with Crippen LogP contribution in [0, 0.1) is 11.3 Å². The fraction of sp³-hybridized carbons (Fsp3) is 0.556. The quantitative estimate of drug-likeness (QED) is 0.209. The lowest BCUT2D eigenvalue weighted by molar-refractivity contribution is -0.274. The number of hydrogen-bond donors (Lipinski definition) is 2. The topological polar surface area (TPSA) is 145 Å². The lowest BCUT2D eigenvalue weighted by Crippen LogP contribution is -2.42. The Balaban J connectivity index is 1.80. The van der Waals surface area contributed by atoms with Crippen molar-refractivity contribution in [3.8, 4) is 27.0 Å². The van der Waals surface area contributed by atoms with Crippen LogP contribution in [0.25, 0.3) is 21.3 Å². The summed E-state index contributed by atoms with van der Waals surface area (Å²) in [6.07, 6.45) is -5.29. The van der Waals surface area contributed by atoms with Gasteiger partial charge in [-0.3, -0.25) is 4.79 Å².